The molecule has 0 aliphatic heterocycles. The number of hydrogen-bond donors (Lipinski definition) is 2. The summed E-state index contributed by atoms with van der Waals surface area (Å²) in [5.41, 5.74) is 1.07. The lowest BCUT2D eigenvalue weighted by Gasteiger charge is -2.14. The standard InChI is InChI=1S/C20H33N3O3/c1-4-6-13-24-15-16-25-14-11-22-20(21-3)23-17-18-9-7-8-10-19(18)26-12-5-2/h5,7-10H,2,4,6,11-17H2,1,3H3,(H2,21,22,23). The van der Waals surface area contributed by atoms with Gasteiger partial charge in [-0.25, -0.2) is 0 Å². The molecule has 2 N–H and O–H groups in total. The molecule has 0 radical (unpaired) electrons. The third-order valence-electron chi connectivity index (χ3n) is 3.55. The van der Waals surface area contributed by atoms with Crippen molar-refractivity contribution in [1.82, 2.24) is 10.6 Å². The molecule has 0 atom stereocenters. The fraction of sp³-hybridized carbons (Fsp3) is 0.550. The van der Waals surface area contributed by atoms with E-state index in [0.29, 0.717) is 39.5 Å². The van der Waals surface area contributed by atoms with Crippen LogP contribution < -0.4 is 15.4 Å². The number of aliphatic imine (C=N–C) groups is 1. The largest absolute Gasteiger partial charge is 0.489 e. The van der Waals surface area contributed by atoms with Crippen molar-refractivity contribution in [1.29, 1.82) is 0 Å². The first-order valence-corrected chi connectivity index (χ1v) is 9.23. The third kappa shape index (κ3) is 10.1. The summed E-state index contributed by atoms with van der Waals surface area (Å²) in [4.78, 5) is 4.22. The second-order valence-electron chi connectivity index (χ2n) is 5.64. The first-order valence-electron chi connectivity index (χ1n) is 9.23. The molecule has 0 heterocycles. The predicted octanol–water partition coefficient (Wildman–Crippen LogP) is 2.75. The average Bonchev–Trinajstić information content (AvgIpc) is 2.68. The molecule has 1 rings (SSSR count). The number of hydrogen-bond acceptors (Lipinski definition) is 4. The fourth-order valence-electron chi connectivity index (χ4n) is 2.15. The van der Waals surface area contributed by atoms with Crippen LogP contribution in [0.25, 0.3) is 0 Å². The van der Waals surface area contributed by atoms with Crippen molar-refractivity contribution in [2.75, 3.05) is 46.6 Å². The van der Waals surface area contributed by atoms with Crippen LogP contribution in [0, 0.1) is 0 Å². The Balaban J connectivity index is 2.20. The molecule has 0 amide bonds. The van der Waals surface area contributed by atoms with E-state index in [1.807, 2.05) is 24.3 Å². The number of unbranched alkanes of at least 4 members (excludes halogenated alkanes) is 1. The summed E-state index contributed by atoms with van der Waals surface area (Å²) in [6.45, 7) is 10.3. The zero-order chi connectivity index (χ0) is 18.9. The van der Waals surface area contributed by atoms with Crippen LogP contribution >= 0.6 is 0 Å². The molecule has 0 aliphatic carbocycles. The SMILES string of the molecule is C=CCOc1ccccc1CNC(=NC)NCCOCCOCCCC. The topological polar surface area (TPSA) is 64.1 Å². The highest BCUT2D eigenvalue weighted by molar-refractivity contribution is 5.79. The number of benzene rings is 1. The van der Waals surface area contributed by atoms with Crippen LogP contribution in [-0.4, -0.2) is 52.6 Å². The maximum atomic E-state index is 5.66. The minimum absolute atomic E-state index is 0.490. The molecule has 1 aromatic carbocycles. The Morgan fingerprint density at radius 3 is 2.62 bits per heavy atom. The van der Waals surface area contributed by atoms with Gasteiger partial charge in [0.15, 0.2) is 5.96 Å². The minimum Gasteiger partial charge on any atom is -0.489 e. The molecule has 146 valence electrons. The van der Waals surface area contributed by atoms with Gasteiger partial charge in [0, 0.05) is 32.3 Å². The molecule has 0 fully saturated rings. The van der Waals surface area contributed by atoms with E-state index in [4.69, 9.17) is 14.2 Å². The molecule has 0 bridgehead atoms. The lowest BCUT2D eigenvalue weighted by Crippen LogP contribution is -2.38. The predicted molar refractivity (Wildman–Crippen MR) is 107 cm³/mol. The summed E-state index contributed by atoms with van der Waals surface area (Å²) in [6.07, 6.45) is 3.99. The van der Waals surface area contributed by atoms with Crippen molar-refractivity contribution in [2.24, 2.45) is 4.99 Å². The second kappa shape index (κ2) is 15.2. The summed E-state index contributed by atoms with van der Waals surface area (Å²) >= 11 is 0. The van der Waals surface area contributed by atoms with Gasteiger partial charge in [0.05, 0.1) is 19.8 Å². The Kier molecular flexibility index (Phi) is 12.9. The minimum atomic E-state index is 0.490. The molecule has 6 nitrogen and oxygen atoms in total. The highest BCUT2D eigenvalue weighted by Crippen LogP contribution is 2.17. The molecule has 0 saturated carbocycles. The summed E-state index contributed by atoms with van der Waals surface area (Å²) in [5.74, 6) is 1.58. The zero-order valence-corrected chi connectivity index (χ0v) is 16.1. The lowest BCUT2D eigenvalue weighted by atomic mass is 10.2. The van der Waals surface area contributed by atoms with Crippen molar-refractivity contribution in [3.8, 4) is 5.75 Å². The smallest absolute Gasteiger partial charge is 0.191 e. The lowest BCUT2D eigenvalue weighted by molar-refractivity contribution is 0.0487. The van der Waals surface area contributed by atoms with Crippen LogP contribution in [0.5, 0.6) is 5.75 Å². The maximum absolute atomic E-state index is 5.66. The van der Waals surface area contributed by atoms with Gasteiger partial charge in [0.2, 0.25) is 0 Å². The highest BCUT2D eigenvalue weighted by Gasteiger charge is 2.04. The number of ether oxygens (including phenoxy) is 3. The van der Waals surface area contributed by atoms with Crippen LogP contribution in [0.2, 0.25) is 0 Å². The molecule has 26 heavy (non-hydrogen) atoms. The first-order chi connectivity index (χ1) is 12.8. The van der Waals surface area contributed by atoms with Gasteiger partial charge in [0.1, 0.15) is 12.4 Å². The van der Waals surface area contributed by atoms with Gasteiger partial charge in [-0.15, -0.1) is 0 Å². The second-order valence-corrected chi connectivity index (χ2v) is 5.64. The Hall–Kier alpha value is -2.05. The first kappa shape index (κ1) is 22.0. The summed E-state index contributed by atoms with van der Waals surface area (Å²) in [5, 5.41) is 6.51. The van der Waals surface area contributed by atoms with Crippen molar-refractivity contribution < 1.29 is 14.2 Å². The van der Waals surface area contributed by atoms with E-state index in [-0.39, 0.29) is 0 Å². The van der Waals surface area contributed by atoms with Gasteiger partial charge < -0.3 is 24.8 Å². The van der Waals surface area contributed by atoms with Gasteiger partial charge >= 0.3 is 0 Å². The Morgan fingerprint density at radius 1 is 1.12 bits per heavy atom. The zero-order valence-electron chi connectivity index (χ0n) is 16.1. The summed E-state index contributed by atoms with van der Waals surface area (Å²) in [7, 11) is 1.75. The van der Waals surface area contributed by atoms with E-state index < -0.39 is 0 Å². The van der Waals surface area contributed by atoms with Crippen LogP contribution in [0.4, 0.5) is 0 Å². The van der Waals surface area contributed by atoms with E-state index >= 15 is 0 Å². The van der Waals surface area contributed by atoms with Crippen molar-refractivity contribution in [3.63, 3.8) is 0 Å². The summed E-state index contributed by atoms with van der Waals surface area (Å²) in [6, 6.07) is 7.93. The van der Waals surface area contributed by atoms with Gasteiger partial charge in [-0.05, 0) is 12.5 Å². The van der Waals surface area contributed by atoms with Gasteiger partial charge in [0.25, 0.3) is 0 Å². The Morgan fingerprint density at radius 2 is 1.88 bits per heavy atom. The normalized spacial score (nSPS) is 11.2. The molecule has 0 saturated heterocycles. The Bertz CT molecular complexity index is 521. The quantitative estimate of drug-likeness (QED) is 0.230. The van der Waals surface area contributed by atoms with Crippen molar-refractivity contribution in [3.05, 3.63) is 42.5 Å². The number of nitrogens with one attached hydrogen (secondary N) is 2. The number of rotatable bonds is 14. The van der Waals surface area contributed by atoms with Crippen LogP contribution in [0.1, 0.15) is 25.3 Å². The van der Waals surface area contributed by atoms with Gasteiger partial charge in [-0.2, -0.15) is 0 Å². The Labute approximate surface area is 157 Å². The van der Waals surface area contributed by atoms with E-state index in [1.165, 1.54) is 0 Å². The molecule has 0 spiro atoms. The molecule has 0 aliphatic rings. The number of para-hydroxylation sites is 1. The van der Waals surface area contributed by atoms with E-state index in [9.17, 15) is 0 Å². The molecular formula is C20H33N3O3. The van der Waals surface area contributed by atoms with Crippen LogP contribution in [0.15, 0.2) is 41.9 Å². The van der Waals surface area contributed by atoms with Gasteiger partial charge in [-0.1, -0.05) is 44.2 Å². The monoisotopic (exact) mass is 363 g/mol. The molecule has 0 aromatic heterocycles. The molecular weight excluding hydrogens is 330 g/mol. The van der Waals surface area contributed by atoms with Gasteiger partial charge in [-0.3, -0.25) is 4.99 Å². The maximum Gasteiger partial charge on any atom is 0.191 e. The van der Waals surface area contributed by atoms with E-state index in [1.54, 1.807) is 13.1 Å². The fourth-order valence-corrected chi connectivity index (χ4v) is 2.15. The number of guanidine groups is 1. The van der Waals surface area contributed by atoms with Crippen molar-refractivity contribution >= 4 is 5.96 Å². The van der Waals surface area contributed by atoms with E-state index in [0.717, 1.165) is 36.7 Å². The van der Waals surface area contributed by atoms with E-state index in [2.05, 4.69) is 29.1 Å². The average molecular weight is 364 g/mol. The summed E-state index contributed by atoms with van der Waals surface area (Å²) < 4.78 is 16.6. The molecule has 6 heteroatoms. The molecule has 1 aromatic rings. The highest BCUT2D eigenvalue weighted by atomic mass is 16.5. The third-order valence-corrected chi connectivity index (χ3v) is 3.55. The van der Waals surface area contributed by atoms with Crippen LogP contribution in [-0.2, 0) is 16.0 Å². The molecule has 0 unspecified atom stereocenters. The van der Waals surface area contributed by atoms with Crippen LogP contribution in [0.3, 0.4) is 0 Å². The van der Waals surface area contributed by atoms with Crippen molar-refractivity contribution in [2.45, 2.75) is 26.3 Å². The number of nitrogens with zero attached hydrogens (tertiary/aromatic N) is 1.